The Morgan fingerprint density at radius 1 is 0.517 bits per heavy atom. The third kappa shape index (κ3) is 40.3. The lowest BCUT2D eigenvalue weighted by Crippen LogP contribution is -2.46. The normalized spacial score (nSPS) is 13.8. The number of rotatable bonds is 43. The molecule has 336 valence electrons. The van der Waals surface area contributed by atoms with Crippen molar-refractivity contribution in [2.75, 3.05) is 6.61 Å². The average molecular weight is 812 g/mol. The molecule has 0 radical (unpaired) electrons. The molecule has 0 spiro atoms. The van der Waals surface area contributed by atoms with Gasteiger partial charge in [-0.15, -0.1) is 0 Å². The van der Waals surface area contributed by atoms with Gasteiger partial charge < -0.3 is 20.3 Å². The number of esters is 1. The van der Waals surface area contributed by atoms with Gasteiger partial charge in [0.1, 0.15) is 6.10 Å². The fourth-order valence-corrected chi connectivity index (χ4v) is 7.21. The molecule has 0 aliphatic carbocycles. The number of aliphatic hydroxyl groups is 2. The Hall–Kier alpha value is -2.44. The van der Waals surface area contributed by atoms with Crippen molar-refractivity contribution >= 4 is 11.9 Å². The molecule has 3 N–H and O–H groups in total. The van der Waals surface area contributed by atoms with Crippen LogP contribution in [0, 0.1) is 0 Å². The lowest BCUT2D eigenvalue weighted by molar-refractivity contribution is -0.151. The molecule has 58 heavy (non-hydrogen) atoms. The number of unbranched alkanes of at least 4 members (excludes halogenated alkanes) is 24. The first-order valence-corrected chi connectivity index (χ1v) is 24.6. The fourth-order valence-electron chi connectivity index (χ4n) is 7.21. The van der Waals surface area contributed by atoms with Crippen molar-refractivity contribution in [3.63, 3.8) is 0 Å². The molecule has 6 heteroatoms. The minimum atomic E-state index is -0.796. The van der Waals surface area contributed by atoms with Gasteiger partial charge in [0.25, 0.3) is 0 Å². The van der Waals surface area contributed by atoms with Gasteiger partial charge in [-0.05, 0) is 64.2 Å². The van der Waals surface area contributed by atoms with Crippen LogP contribution in [-0.2, 0) is 14.3 Å². The molecule has 0 fully saturated rings. The summed E-state index contributed by atoms with van der Waals surface area (Å²) in [6, 6.07) is -0.711. The van der Waals surface area contributed by atoms with Crippen molar-refractivity contribution in [3.05, 3.63) is 60.8 Å². The zero-order chi connectivity index (χ0) is 42.4. The Morgan fingerprint density at radius 3 is 1.55 bits per heavy atom. The van der Waals surface area contributed by atoms with Crippen LogP contribution in [0.15, 0.2) is 60.8 Å². The average Bonchev–Trinajstić information content (AvgIpc) is 3.22. The van der Waals surface area contributed by atoms with Crippen molar-refractivity contribution in [1.82, 2.24) is 5.32 Å². The summed E-state index contributed by atoms with van der Waals surface area (Å²) in [7, 11) is 0. The molecule has 6 nitrogen and oxygen atoms in total. The molecule has 0 saturated carbocycles. The van der Waals surface area contributed by atoms with Crippen LogP contribution in [0.25, 0.3) is 0 Å². The van der Waals surface area contributed by atoms with Gasteiger partial charge in [-0.2, -0.15) is 0 Å². The highest BCUT2D eigenvalue weighted by Crippen LogP contribution is 2.17. The van der Waals surface area contributed by atoms with E-state index in [-0.39, 0.29) is 24.9 Å². The number of hydrogen-bond acceptors (Lipinski definition) is 5. The first kappa shape index (κ1) is 55.6. The van der Waals surface area contributed by atoms with Crippen molar-refractivity contribution < 1.29 is 24.5 Å². The molecule has 3 unspecified atom stereocenters. The predicted molar refractivity (Wildman–Crippen MR) is 250 cm³/mol. The van der Waals surface area contributed by atoms with Gasteiger partial charge in [0.05, 0.1) is 25.2 Å². The maximum absolute atomic E-state index is 13.1. The minimum absolute atomic E-state index is 0.0549. The molecule has 0 aromatic rings. The smallest absolute Gasteiger partial charge is 0.306 e. The molecule has 1 amide bonds. The Morgan fingerprint density at radius 2 is 0.983 bits per heavy atom. The molecule has 0 rings (SSSR count). The van der Waals surface area contributed by atoms with Crippen LogP contribution in [0.4, 0.5) is 0 Å². The van der Waals surface area contributed by atoms with E-state index in [1.165, 1.54) is 83.5 Å². The van der Waals surface area contributed by atoms with Gasteiger partial charge in [-0.25, -0.2) is 0 Å². The van der Waals surface area contributed by atoms with E-state index < -0.39 is 18.2 Å². The molecule has 0 aliphatic rings. The quantitative estimate of drug-likeness (QED) is 0.0247. The fraction of sp³-hybridized carbons (Fsp3) is 0.769. The van der Waals surface area contributed by atoms with E-state index in [2.05, 4.69) is 68.6 Å². The second-order valence-corrected chi connectivity index (χ2v) is 16.6. The van der Waals surface area contributed by atoms with Crippen LogP contribution in [0.2, 0.25) is 0 Å². The number of ether oxygens (including phenoxy) is 1. The van der Waals surface area contributed by atoms with E-state index in [4.69, 9.17) is 4.74 Å². The Bertz CT molecular complexity index is 1050. The van der Waals surface area contributed by atoms with Gasteiger partial charge in [0.15, 0.2) is 0 Å². The number of carbonyl (C=O) groups is 2. The largest absolute Gasteiger partial charge is 0.462 e. The van der Waals surface area contributed by atoms with E-state index >= 15 is 0 Å². The van der Waals surface area contributed by atoms with Gasteiger partial charge in [0, 0.05) is 6.42 Å². The SMILES string of the molecule is CC/C=C/C=C/C=C/C=C\CCCCCCCC(=O)OC(CCCCC/C=C\CCC)CC(=O)NC(CO)C(O)CCCCCCCCCCCCCCCCCC. The zero-order valence-corrected chi connectivity index (χ0v) is 38.2. The summed E-state index contributed by atoms with van der Waals surface area (Å²) in [6.07, 6.45) is 55.8. The molecule has 0 heterocycles. The van der Waals surface area contributed by atoms with Gasteiger partial charge in [-0.1, -0.05) is 216 Å². The Kier molecular flexibility index (Phi) is 43.7. The van der Waals surface area contributed by atoms with E-state index in [1.807, 2.05) is 18.2 Å². The highest BCUT2D eigenvalue weighted by molar-refractivity contribution is 5.77. The van der Waals surface area contributed by atoms with Crippen molar-refractivity contribution in [2.45, 2.75) is 251 Å². The molecule has 0 aliphatic heterocycles. The summed E-state index contributed by atoms with van der Waals surface area (Å²) in [6.45, 7) is 6.26. The van der Waals surface area contributed by atoms with E-state index in [9.17, 15) is 19.8 Å². The van der Waals surface area contributed by atoms with Crippen LogP contribution in [-0.4, -0.2) is 46.9 Å². The monoisotopic (exact) mass is 812 g/mol. The van der Waals surface area contributed by atoms with Crippen molar-refractivity contribution in [1.29, 1.82) is 0 Å². The molecular formula is C52H93NO5. The number of carbonyl (C=O) groups excluding carboxylic acids is 2. The Labute approximate surface area is 358 Å². The maximum Gasteiger partial charge on any atom is 0.306 e. The summed E-state index contributed by atoms with van der Waals surface area (Å²) in [4.78, 5) is 26.0. The molecule has 3 atom stereocenters. The van der Waals surface area contributed by atoms with E-state index in [0.717, 1.165) is 103 Å². The zero-order valence-electron chi connectivity index (χ0n) is 38.2. The summed E-state index contributed by atoms with van der Waals surface area (Å²) >= 11 is 0. The molecule has 0 aromatic carbocycles. The Balaban J connectivity index is 4.46. The van der Waals surface area contributed by atoms with Crippen molar-refractivity contribution in [2.24, 2.45) is 0 Å². The molecule has 0 bridgehead atoms. The molecule has 0 aromatic heterocycles. The highest BCUT2D eigenvalue weighted by Gasteiger charge is 2.24. The van der Waals surface area contributed by atoms with Crippen LogP contribution in [0.3, 0.4) is 0 Å². The number of allylic oxidation sites excluding steroid dienone is 10. The standard InChI is InChI=1S/C52H93NO5/c1-4-7-10-13-16-19-21-23-25-27-28-30-32-35-38-41-44-50(55)49(47-54)53-51(56)46-48(43-40-37-34-18-15-12-9-6-3)58-52(57)45-42-39-36-33-31-29-26-24-22-20-17-14-11-8-5-2/h8,11-12,14-15,17,20,22,24,26,48-50,54-55H,4-7,9-10,13,16,18-19,21,23,25,27-47H2,1-3H3,(H,53,56)/b11-8+,15-12-,17-14+,22-20+,26-24-. The highest BCUT2D eigenvalue weighted by atomic mass is 16.5. The van der Waals surface area contributed by atoms with Gasteiger partial charge in [-0.3, -0.25) is 9.59 Å². The second kappa shape index (κ2) is 45.6. The first-order valence-electron chi connectivity index (χ1n) is 24.6. The first-order chi connectivity index (χ1) is 28.5. The van der Waals surface area contributed by atoms with Crippen molar-refractivity contribution in [3.8, 4) is 0 Å². The van der Waals surface area contributed by atoms with Crippen LogP contribution in [0.1, 0.15) is 233 Å². The summed E-state index contributed by atoms with van der Waals surface area (Å²) in [5, 5.41) is 23.7. The second-order valence-electron chi connectivity index (χ2n) is 16.6. The summed E-state index contributed by atoms with van der Waals surface area (Å²) in [5.41, 5.74) is 0. The third-order valence-electron chi connectivity index (χ3n) is 10.9. The number of amides is 1. The van der Waals surface area contributed by atoms with E-state index in [1.54, 1.807) is 0 Å². The number of hydrogen-bond donors (Lipinski definition) is 3. The van der Waals surface area contributed by atoms with Crippen LogP contribution < -0.4 is 5.32 Å². The number of aliphatic hydroxyl groups excluding tert-OH is 2. The summed E-state index contributed by atoms with van der Waals surface area (Å²) < 4.78 is 5.88. The molecule has 0 saturated heterocycles. The topological polar surface area (TPSA) is 95.9 Å². The minimum Gasteiger partial charge on any atom is -0.462 e. The van der Waals surface area contributed by atoms with Gasteiger partial charge >= 0.3 is 5.97 Å². The predicted octanol–water partition coefficient (Wildman–Crippen LogP) is 14.5. The van der Waals surface area contributed by atoms with Crippen LogP contribution >= 0.6 is 0 Å². The molecular weight excluding hydrogens is 719 g/mol. The van der Waals surface area contributed by atoms with E-state index in [0.29, 0.717) is 19.3 Å². The number of nitrogens with one attached hydrogen (secondary N) is 1. The van der Waals surface area contributed by atoms with Crippen LogP contribution in [0.5, 0.6) is 0 Å². The lowest BCUT2D eigenvalue weighted by Gasteiger charge is -2.24. The maximum atomic E-state index is 13.1. The lowest BCUT2D eigenvalue weighted by atomic mass is 10.0. The summed E-state index contributed by atoms with van der Waals surface area (Å²) in [5.74, 6) is -0.521. The third-order valence-corrected chi connectivity index (χ3v) is 10.9. The van der Waals surface area contributed by atoms with Gasteiger partial charge in [0.2, 0.25) is 5.91 Å².